The summed E-state index contributed by atoms with van der Waals surface area (Å²) in [6.07, 6.45) is 17.2. The topological polar surface area (TPSA) is 50.1 Å². The van der Waals surface area contributed by atoms with Crippen molar-refractivity contribution in [2.45, 2.75) is 111 Å². The van der Waals surface area contributed by atoms with Crippen molar-refractivity contribution in [3.8, 4) is 0 Å². The first-order chi connectivity index (χ1) is 14.2. The molecule has 1 N–H and O–H groups in total. The van der Waals surface area contributed by atoms with E-state index in [2.05, 4.69) is 33.8 Å². The molecule has 0 saturated heterocycles. The van der Waals surface area contributed by atoms with Crippen LogP contribution in [0.2, 0.25) is 0 Å². The van der Waals surface area contributed by atoms with Gasteiger partial charge < -0.3 is 10.5 Å². The van der Waals surface area contributed by atoms with Crippen molar-refractivity contribution in [2.24, 2.45) is 40.4 Å². The van der Waals surface area contributed by atoms with Crippen LogP contribution in [0, 0.1) is 40.4 Å². The van der Waals surface area contributed by atoms with Gasteiger partial charge in [0, 0.05) is 39.1 Å². The van der Waals surface area contributed by atoms with Gasteiger partial charge >= 0.3 is 0 Å². The second-order valence-electron chi connectivity index (χ2n) is 12.0. The number of unbranched alkanes of at least 4 members (excludes halogenated alkanes) is 1. The molecular weight excluding hydrogens is 459 g/mol. The van der Waals surface area contributed by atoms with Crippen molar-refractivity contribution >= 4 is 6.09 Å². The largest absolute Gasteiger partial charge is 0.632 e. The number of carbonyl (C=O) groups is 1. The van der Waals surface area contributed by atoms with Gasteiger partial charge in [0.05, 0.1) is 0 Å². The van der Waals surface area contributed by atoms with Gasteiger partial charge in [-0.15, -0.1) is 0 Å². The summed E-state index contributed by atoms with van der Waals surface area (Å²) in [5, 5.41) is 0. The molecule has 0 bridgehead atoms. The Hall–Kier alpha value is 0.114. The van der Waals surface area contributed by atoms with E-state index in [0.717, 1.165) is 48.9 Å². The summed E-state index contributed by atoms with van der Waals surface area (Å²) in [4.78, 5) is 11.1. The van der Waals surface area contributed by atoms with Crippen LogP contribution in [0.1, 0.15) is 105 Å². The molecular formula is C27H44NO2Y-. The van der Waals surface area contributed by atoms with E-state index in [-0.39, 0.29) is 38.8 Å². The van der Waals surface area contributed by atoms with Gasteiger partial charge in [-0.25, -0.2) is 0 Å². The van der Waals surface area contributed by atoms with Crippen molar-refractivity contribution in [3.63, 3.8) is 0 Å². The Labute approximate surface area is 216 Å². The minimum absolute atomic E-state index is 0. The Morgan fingerprint density at radius 3 is 2.61 bits per heavy atom. The van der Waals surface area contributed by atoms with Crippen LogP contribution in [0.15, 0.2) is 11.6 Å². The van der Waals surface area contributed by atoms with Gasteiger partial charge in [0.1, 0.15) is 6.10 Å². The van der Waals surface area contributed by atoms with E-state index in [1.54, 1.807) is 0 Å². The van der Waals surface area contributed by atoms with Gasteiger partial charge in [-0.2, -0.15) is 0 Å². The summed E-state index contributed by atoms with van der Waals surface area (Å²) in [6, 6.07) is 0. The Morgan fingerprint density at radius 2 is 1.90 bits per heavy atom. The number of ether oxygens (including phenoxy) is 1. The predicted octanol–water partition coefficient (Wildman–Crippen LogP) is 8.34. The quantitative estimate of drug-likeness (QED) is 0.270. The van der Waals surface area contributed by atoms with Gasteiger partial charge in [-0.3, -0.25) is 4.79 Å². The molecule has 31 heavy (non-hydrogen) atoms. The average Bonchev–Trinajstić information content (AvgIpc) is 3.01. The maximum Gasteiger partial charge on any atom is 0.227 e. The molecule has 3 fully saturated rings. The molecule has 7 unspecified atom stereocenters. The molecule has 4 aliphatic rings. The van der Waals surface area contributed by atoms with Crippen molar-refractivity contribution in [1.29, 1.82) is 0 Å². The molecule has 0 aromatic heterocycles. The van der Waals surface area contributed by atoms with E-state index >= 15 is 0 Å². The number of amides is 1. The molecule has 1 amide bonds. The summed E-state index contributed by atoms with van der Waals surface area (Å²) >= 11 is 0. The van der Waals surface area contributed by atoms with Crippen LogP contribution in [0.5, 0.6) is 0 Å². The van der Waals surface area contributed by atoms with Gasteiger partial charge in [0.2, 0.25) is 6.09 Å². The third-order valence-electron chi connectivity index (χ3n) is 10.1. The number of nitrogens with one attached hydrogen (secondary N) is 1. The first-order valence-corrected chi connectivity index (χ1v) is 12.9. The molecule has 0 spiro atoms. The fraction of sp³-hybridized carbons (Fsp3) is 0.889. The molecule has 4 aliphatic carbocycles. The zero-order valence-corrected chi connectivity index (χ0v) is 23.3. The van der Waals surface area contributed by atoms with E-state index in [9.17, 15) is 4.79 Å². The first-order valence-electron chi connectivity index (χ1n) is 12.9. The van der Waals surface area contributed by atoms with Gasteiger partial charge in [-0.1, -0.05) is 58.6 Å². The summed E-state index contributed by atoms with van der Waals surface area (Å²) < 4.78 is 5.27. The van der Waals surface area contributed by atoms with E-state index in [0.29, 0.717) is 10.8 Å². The molecule has 4 rings (SSSR count). The Balaban J connectivity index is 0.00000272. The predicted molar refractivity (Wildman–Crippen MR) is 123 cm³/mol. The molecule has 0 aromatic rings. The van der Waals surface area contributed by atoms with Gasteiger partial charge in [0.25, 0.3) is 0 Å². The zero-order valence-electron chi connectivity index (χ0n) is 20.4. The van der Waals surface area contributed by atoms with Crippen LogP contribution >= 0.6 is 0 Å². The molecule has 7 atom stereocenters. The number of rotatable bonds is 6. The maximum absolute atomic E-state index is 11.1. The van der Waals surface area contributed by atoms with E-state index in [1.807, 2.05) is 0 Å². The summed E-state index contributed by atoms with van der Waals surface area (Å²) in [5.41, 5.74) is 9.56. The van der Waals surface area contributed by atoms with Crippen molar-refractivity contribution in [1.82, 2.24) is 0 Å². The van der Waals surface area contributed by atoms with E-state index < -0.39 is 6.09 Å². The molecule has 1 radical (unpaired) electrons. The number of allylic oxidation sites excluding steroid dienone is 1. The van der Waals surface area contributed by atoms with Crippen molar-refractivity contribution in [3.05, 3.63) is 17.4 Å². The molecule has 4 heteroatoms. The second kappa shape index (κ2) is 10.2. The number of hydrogen-bond donors (Lipinski definition) is 0. The Bertz CT molecular complexity index is 676. The minimum Gasteiger partial charge on any atom is -0.632 e. The van der Waals surface area contributed by atoms with Crippen LogP contribution in [0.25, 0.3) is 5.73 Å². The van der Waals surface area contributed by atoms with Crippen molar-refractivity contribution in [2.75, 3.05) is 0 Å². The normalized spacial score (nSPS) is 41.5. The smallest absolute Gasteiger partial charge is 0.227 e. The van der Waals surface area contributed by atoms with Crippen LogP contribution in [0.4, 0.5) is 4.79 Å². The van der Waals surface area contributed by atoms with E-state index in [1.165, 1.54) is 63.4 Å². The number of carbonyl (C=O) groups excluding carboxylic acids is 1. The Morgan fingerprint density at radius 1 is 1.13 bits per heavy atom. The molecule has 3 nitrogen and oxygen atoms in total. The molecule has 3 saturated carbocycles. The molecule has 0 aliphatic heterocycles. The monoisotopic (exact) mass is 503 g/mol. The van der Waals surface area contributed by atoms with E-state index in [4.69, 9.17) is 10.5 Å². The molecule has 0 aromatic carbocycles. The third-order valence-corrected chi connectivity index (χ3v) is 10.1. The minimum atomic E-state index is -0.864. The SMILES string of the molecule is CC(C)CCCCC1CCC2C3CC=C4CC(OC([NH-])=O)CCC4(C)C3CCC12C.[Y]. The summed E-state index contributed by atoms with van der Waals surface area (Å²) in [5.74, 6) is 4.36. The number of fused-ring (bicyclic) bond motifs is 5. The first kappa shape index (κ1) is 25.7. The standard InChI is InChI=1S/C27H45NO2.Y/c1-18(2)7-5-6-8-19-10-12-23-22-11-9-20-17-21(30-25(28)29)13-15-27(20,4)24(22)14-16-26(19,23)3;/h9,18-19,21-24H,5-8,10-17H2,1-4H3,(H2,28,29);/p-1. The molecule has 0 heterocycles. The fourth-order valence-electron chi connectivity index (χ4n) is 8.41. The van der Waals surface area contributed by atoms with Crippen LogP contribution in [-0.2, 0) is 37.4 Å². The van der Waals surface area contributed by atoms with Crippen molar-refractivity contribution < 1.29 is 42.2 Å². The maximum atomic E-state index is 11.1. The number of hydrogen-bond acceptors (Lipinski definition) is 2. The van der Waals surface area contributed by atoms with Crippen LogP contribution in [0.3, 0.4) is 0 Å². The summed E-state index contributed by atoms with van der Waals surface area (Å²) in [6.45, 7) is 9.86. The third kappa shape index (κ3) is 4.98. The second-order valence-corrected chi connectivity index (χ2v) is 12.0. The van der Waals surface area contributed by atoms with Crippen LogP contribution < -0.4 is 0 Å². The average molecular weight is 504 g/mol. The van der Waals surface area contributed by atoms with Gasteiger partial charge in [-0.05, 0) is 91.8 Å². The Kier molecular flexibility index (Phi) is 8.44. The van der Waals surface area contributed by atoms with Gasteiger partial charge in [0.15, 0.2) is 0 Å². The summed E-state index contributed by atoms with van der Waals surface area (Å²) in [7, 11) is 0. The zero-order chi connectivity index (χ0) is 21.5. The van der Waals surface area contributed by atoms with Crippen LogP contribution in [-0.4, -0.2) is 12.2 Å². The molecule has 173 valence electrons. The fourth-order valence-corrected chi connectivity index (χ4v) is 8.41.